The first-order valence-corrected chi connectivity index (χ1v) is 12.1. The molecule has 9 heteroatoms. The van der Waals surface area contributed by atoms with Gasteiger partial charge in [0.25, 0.3) is 0 Å². The zero-order valence-corrected chi connectivity index (χ0v) is 19.8. The van der Waals surface area contributed by atoms with Gasteiger partial charge in [0, 0.05) is 63.0 Å². The van der Waals surface area contributed by atoms with Crippen LogP contribution in [0.3, 0.4) is 0 Å². The van der Waals surface area contributed by atoms with Crippen LogP contribution in [-0.2, 0) is 24.3 Å². The van der Waals surface area contributed by atoms with Gasteiger partial charge in [0.15, 0.2) is 5.65 Å². The lowest BCUT2D eigenvalue weighted by atomic mass is 9.96. The summed E-state index contributed by atoms with van der Waals surface area (Å²) in [6.45, 7) is 6.39. The minimum absolute atomic E-state index is 0.101. The molecule has 0 bridgehead atoms. The molecule has 2 aliphatic heterocycles. The van der Waals surface area contributed by atoms with Crippen LogP contribution >= 0.6 is 0 Å². The lowest BCUT2D eigenvalue weighted by Crippen LogP contribution is -2.55. The van der Waals surface area contributed by atoms with Crippen LogP contribution in [0.5, 0.6) is 0 Å². The quantitative estimate of drug-likeness (QED) is 0.455. The van der Waals surface area contributed by atoms with Gasteiger partial charge >= 0.3 is 0 Å². The van der Waals surface area contributed by atoms with Crippen molar-refractivity contribution >= 4 is 28.7 Å². The van der Waals surface area contributed by atoms with Crippen LogP contribution in [0.4, 0.5) is 11.6 Å². The number of rotatable bonds is 4. The van der Waals surface area contributed by atoms with Crippen LogP contribution in [-0.4, -0.2) is 67.5 Å². The molecule has 9 nitrogen and oxygen atoms in total. The van der Waals surface area contributed by atoms with E-state index in [9.17, 15) is 4.79 Å². The number of carbonyl (C=O) groups is 1. The van der Waals surface area contributed by atoms with Crippen LogP contribution in [0.15, 0.2) is 61.3 Å². The third-order valence-corrected chi connectivity index (χ3v) is 7.05. The predicted molar refractivity (Wildman–Crippen MR) is 134 cm³/mol. The van der Waals surface area contributed by atoms with Gasteiger partial charge in [-0.1, -0.05) is 12.1 Å². The maximum atomic E-state index is 13.2. The third-order valence-electron chi connectivity index (χ3n) is 7.05. The van der Waals surface area contributed by atoms with Crippen LogP contribution in [0.2, 0.25) is 0 Å². The van der Waals surface area contributed by atoms with E-state index in [2.05, 4.69) is 54.9 Å². The summed E-state index contributed by atoms with van der Waals surface area (Å²) in [5.41, 5.74) is 5.54. The number of benzene rings is 1. The van der Waals surface area contributed by atoms with Gasteiger partial charge in [0.05, 0.1) is 6.33 Å². The molecule has 2 aliphatic rings. The SMILES string of the molecule is CC1CN(c2cccc3c2CN(c2ncccn2)CC3)CCN1C(=O)Cn1cnc2cccnc21. The Labute approximate surface area is 204 Å². The van der Waals surface area contributed by atoms with Crippen LogP contribution in [0, 0.1) is 0 Å². The Hall–Kier alpha value is -4.01. The minimum Gasteiger partial charge on any atom is -0.367 e. The molecule has 1 saturated heterocycles. The number of amides is 1. The maximum absolute atomic E-state index is 13.2. The molecule has 3 aromatic heterocycles. The van der Waals surface area contributed by atoms with E-state index in [1.165, 1.54) is 16.8 Å². The molecule has 1 amide bonds. The molecular weight excluding hydrogens is 440 g/mol. The number of fused-ring (bicyclic) bond motifs is 2. The van der Waals surface area contributed by atoms with Gasteiger partial charge in [0.2, 0.25) is 11.9 Å². The minimum atomic E-state index is 0.101. The number of piperazine rings is 1. The lowest BCUT2D eigenvalue weighted by molar-refractivity contribution is -0.134. The van der Waals surface area contributed by atoms with E-state index in [0.717, 1.165) is 49.7 Å². The summed E-state index contributed by atoms with van der Waals surface area (Å²) in [5, 5.41) is 0. The Bertz CT molecular complexity index is 1350. The molecule has 0 spiro atoms. The molecule has 0 saturated carbocycles. The van der Waals surface area contributed by atoms with E-state index in [0.29, 0.717) is 6.54 Å². The Kier molecular flexibility index (Phi) is 5.52. The van der Waals surface area contributed by atoms with E-state index < -0.39 is 0 Å². The standard InChI is InChI=1S/C26H28N8O/c1-19-15-31(13-14-34(19)24(35)17-33-18-30-22-6-3-9-27-25(22)33)23-7-2-5-20-8-12-32(16-21(20)23)26-28-10-4-11-29-26/h2-7,9-11,18-19H,8,12-17H2,1H3. The first-order valence-electron chi connectivity index (χ1n) is 12.1. The molecule has 35 heavy (non-hydrogen) atoms. The second-order valence-corrected chi connectivity index (χ2v) is 9.24. The van der Waals surface area contributed by atoms with E-state index in [-0.39, 0.29) is 18.5 Å². The fraction of sp³-hybridized carbons (Fsp3) is 0.346. The first-order chi connectivity index (χ1) is 17.2. The molecular formula is C26H28N8O. The zero-order valence-electron chi connectivity index (χ0n) is 19.8. The zero-order chi connectivity index (χ0) is 23.8. The fourth-order valence-electron chi connectivity index (χ4n) is 5.28. The van der Waals surface area contributed by atoms with Crippen molar-refractivity contribution in [3.8, 4) is 0 Å². The molecule has 6 rings (SSSR count). The van der Waals surface area contributed by atoms with Crippen LogP contribution in [0.25, 0.3) is 11.2 Å². The lowest BCUT2D eigenvalue weighted by Gasteiger charge is -2.42. The summed E-state index contributed by atoms with van der Waals surface area (Å²) in [5.74, 6) is 0.878. The van der Waals surface area contributed by atoms with Crippen LogP contribution < -0.4 is 9.80 Å². The van der Waals surface area contributed by atoms with Gasteiger partial charge in [-0.3, -0.25) is 4.79 Å². The fourth-order valence-corrected chi connectivity index (χ4v) is 5.28. The molecule has 1 atom stereocenters. The highest BCUT2D eigenvalue weighted by Crippen LogP contribution is 2.32. The van der Waals surface area contributed by atoms with Gasteiger partial charge in [-0.25, -0.2) is 19.9 Å². The van der Waals surface area contributed by atoms with E-state index >= 15 is 0 Å². The van der Waals surface area contributed by atoms with Crippen molar-refractivity contribution in [2.75, 3.05) is 36.0 Å². The number of nitrogens with zero attached hydrogens (tertiary/aromatic N) is 8. The molecule has 4 aromatic rings. The molecule has 0 radical (unpaired) electrons. The Morgan fingerprint density at radius 1 is 0.943 bits per heavy atom. The molecule has 1 unspecified atom stereocenters. The van der Waals surface area contributed by atoms with Gasteiger partial charge in [-0.15, -0.1) is 0 Å². The number of carbonyl (C=O) groups excluding carboxylic acids is 1. The Balaban J connectivity index is 1.17. The van der Waals surface area contributed by atoms with Crippen molar-refractivity contribution < 1.29 is 4.79 Å². The number of imidazole rings is 1. The molecule has 1 fully saturated rings. The van der Waals surface area contributed by atoms with Crippen LogP contribution in [0.1, 0.15) is 18.1 Å². The van der Waals surface area contributed by atoms with Crippen molar-refractivity contribution in [2.24, 2.45) is 0 Å². The predicted octanol–water partition coefficient (Wildman–Crippen LogP) is 2.52. The normalized spacial score (nSPS) is 18.1. The largest absolute Gasteiger partial charge is 0.367 e. The Morgan fingerprint density at radius 3 is 2.66 bits per heavy atom. The van der Waals surface area contributed by atoms with Crippen molar-refractivity contribution in [1.29, 1.82) is 0 Å². The molecule has 5 heterocycles. The van der Waals surface area contributed by atoms with Gasteiger partial charge < -0.3 is 19.3 Å². The summed E-state index contributed by atoms with van der Waals surface area (Å²) in [4.78, 5) is 37.5. The van der Waals surface area contributed by atoms with Crippen molar-refractivity contribution in [1.82, 2.24) is 29.4 Å². The monoisotopic (exact) mass is 468 g/mol. The Morgan fingerprint density at radius 2 is 1.80 bits per heavy atom. The maximum Gasteiger partial charge on any atom is 0.242 e. The summed E-state index contributed by atoms with van der Waals surface area (Å²) in [7, 11) is 0. The average molecular weight is 469 g/mol. The van der Waals surface area contributed by atoms with Gasteiger partial charge in [-0.2, -0.15) is 0 Å². The summed E-state index contributed by atoms with van der Waals surface area (Å²) >= 11 is 0. The number of hydrogen-bond donors (Lipinski definition) is 0. The smallest absolute Gasteiger partial charge is 0.242 e. The van der Waals surface area contributed by atoms with E-state index in [1.54, 1.807) is 24.9 Å². The first kappa shape index (κ1) is 21.5. The number of anilines is 2. The molecule has 178 valence electrons. The number of hydrogen-bond acceptors (Lipinski definition) is 7. The summed E-state index contributed by atoms with van der Waals surface area (Å²) in [6, 6.07) is 12.3. The van der Waals surface area contributed by atoms with Gasteiger partial charge in [-0.05, 0) is 48.7 Å². The molecule has 1 aromatic carbocycles. The molecule has 0 N–H and O–H groups in total. The third kappa shape index (κ3) is 4.07. The second-order valence-electron chi connectivity index (χ2n) is 9.24. The number of pyridine rings is 1. The van der Waals surface area contributed by atoms with Crippen molar-refractivity contribution in [2.45, 2.75) is 32.5 Å². The summed E-state index contributed by atoms with van der Waals surface area (Å²) in [6.07, 6.45) is 8.00. The average Bonchev–Trinajstić information content (AvgIpc) is 3.31. The number of aromatic nitrogens is 5. The highest BCUT2D eigenvalue weighted by Gasteiger charge is 2.30. The van der Waals surface area contributed by atoms with E-state index in [4.69, 9.17) is 0 Å². The highest BCUT2D eigenvalue weighted by molar-refractivity contribution is 5.79. The second kappa shape index (κ2) is 8.98. The van der Waals surface area contributed by atoms with Gasteiger partial charge in [0.1, 0.15) is 12.1 Å². The van der Waals surface area contributed by atoms with E-state index in [1.807, 2.05) is 27.7 Å². The molecule has 0 aliphatic carbocycles. The highest BCUT2D eigenvalue weighted by atomic mass is 16.2. The summed E-state index contributed by atoms with van der Waals surface area (Å²) < 4.78 is 1.84. The van der Waals surface area contributed by atoms with Crippen molar-refractivity contribution in [3.05, 3.63) is 72.4 Å². The topological polar surface area (TPSA) is 83.3 Å². The van der Waals surface area contributed by atoms with Crippen molar-refractivity contribution in [3.63, 3.8) is 0 Å².